The second kappa shape index (κ2) is 14.0. The summed E-state index contributed by atoms with van der Waals surface area (Å²) in [4.78, 5) is 39.3. The minimum Gasteiger partial charge on any atom is -0.394 e. The third-order valence-electron chi connectivity index (χ3n) is 8.74. The number of nitrogens with zero attached hydrogens (tertiary/aromatic N) is 6. The molecule has 12 heteroatoms. The lowest BCUT2D eigenvalue weighted by Crippen LogP contribution is -2.18. The summed E-state index contributed by atoms with van der Waals surface area (Å²) in [6, 6.07) is 15.9. The average molecular weight is 653 g/mol. The number of benzene rings is 2. The van der Waals surface area contributed by atoms with Gasteiger partial charge in [-0.2, -0.15) is 10.2 Å². The van der Waals surface area contributed by atoms with Crippen LogP contribution >= 0.6 is 0 Å². The molecule has 12 nitrogen and oxygen atoms in total. The summed E-state index contributed by atoms with van der Waals surface area (Å²) in [5.74, 6) is 1.10. The van der Waals surface area contributed by atoms with Crippen LogP contribution in [0, 0.1) is 27.7 Å². The van der Waals surface area contributed by atoms with Gasteiger partial charge >= 0.3 is 0 Å². The predicted molar refractivity (Wildman–Crippen MR) is 187 cm³/mol. The molecule has 2 aromatic carbocycles. The zero-order chi connectivity index (χ0) is 34.9. The molecule has 0 saturated carbocycles. The van der Waals surface area contributed by atoms with Gasteiger partial charge in [0.15, 0.2) is 11.0 Å². The van der Waals surface area contributed by atoms with Crippen LogP contribution < -0.4 is 11.1 Å². The molecule has 48 heavy (non-hydrogen) atoms. The van der Waals surface area contributed by atoms with Crippen LogP contribution in [-0.2, 0) is 0 Å². The fraction of sp³-hybridized carbons (Fsp3) is 0.389. The summed E-state index contributed by atoms with van der Waals surface area (Å²) in [5.41, 5.74) is 7.70. The first-order valence-electron chi connectivity index (χ1n) is 16.2. The van der Waals surface area contributed by atoms with E-state index in [0.29, 0.717) is 33.7 Å². The maximum atomic E-state index is 12.4. The number of aryl methyl sites for hydroxylation is 4. The van der Waals surface area contributed by atoms with Crippen molar-refractivity contribution in [3.8, 4) is 0 Å². The van der Waals surface area contributed by atoms with Crippen LogP contribution in [0.1, 0.15) is 96.9 Å². The molecule has 0 bridgehead atoms. The molecule has 0 unspecified atom stereocenters. The van der Waals surface area contributed by atoms with Crippen LogP contribution in [0.25, 0.3) is 22.1 Å². The van der Waals surface area contributed by atoms with Crippen molar-refractivity contribution in [3.05, 3.63) is 115 Å². The number of aliphatic hydroxyl groups is 2. The third kappa shape index (κ3) is 6.71. The Labute approximate surface area is 278 Å². The molecule has 4 atom stereocenters. The van der Waals surface area contributed by atoms with Gasteiger partial charge in [0.1, 0.15) is 22.7 Å². The van der Waals surface area contributed by atoms with E-state index in [0.717, 1.165) is 22.5 Å². The summed E-state index contributed by atoms with van der Waals surface area (Å²) in [7, 11) is 0. The van der Waals surface area contributed by atoms with Crippen molar-refractivity contribution in [3.63, 3.8) is 0 Å². The van der Waals surface area contributed by atoms with E-state index >= 15 is 0 Å². The monoisotopic (exact) mass is 652 g/mol. The Morgan fingerprint density at radius 2 is 0.938 bits per heavy atom. The number of aromatic nitrogens is 8. The van der Waals surface area contributed by atoms with Crippen molar-refractivity contribution in [2.75, 3.05) is 13.2 Å². The molecule has 6 aromatic rings. The Balaban J connectivity index is 0.000000188. The Bertz CT molecular complexity index is 2000. The van der Waals surface area contributed by atoms with Crippen molar-refractivity contribution in [1.82, 2.24) is 39.5 Å². The van der Waals surface area contributed by atoms with Crippen molar-refractivity contribution >= 4 is 22.1 Å². The lowest BCUT2D eigenvalue weighted by atomic mass is 9.96. The lowest BCUT2D eigenvalue weighted by molar-refractivity contribution is 0.232. The Morgan fingerprint density at radius 1 is 0.604 bits per heavy atom. The number of fused-ring (bicyclic) bond motifs is 2. The summed E-state index contributed by atoms with van der Waals surface area (Å²) in [6.45, 7) is 15.2. The van der Waals surface area contributed by atoms with Crippen LogP contribution in [-0.4, -0.2) is 62.9 Å². The highest BCUT2D eigenvalue weighted by Gasteiger charge is 2.25. The third-order valence-corrected chi connectivity index (χ3v) is 8.74. The molecule has 0 amide bonds. The molecule has 4 N–H and O–H groups in total. The molecule has 0 spiro atoms. The Kier molecular flexibility index (Phi) is 10.1. The van der Waals surface area contributed by atoms with Gasteiger partial charge in [-0.05, 0) is 52.7 Å². The molecule has 4 aromatic heterocycles. The van der Waals surface area contributed by atoms with E-state index in [1.54, 1.807) is 23.2 Å². The van der Waals surface area contributed by atoms with E-state index in [1.165, 1.54) is 11.1 Å². The summed E-state index contributed by atoms with van der Waals surface area (Å²) >= 11 is 0. The van der Waals surface area contributed by atoms with Crippen molar-refractivity contribution in [1.29, 1.82) is 0 Å². The second-order valence-corrected chi connectivity index (χ2v) is 12.7. The van der Waals surface area contributed by atoms with Gasteiger partial charge in [0.05, 0.1) is 36.7 Å². The lowest BCUT2D eigenvalue weighted by Gasteiger charge is -2.11. The number of hydrogen-bond acceptors (Lipinski definition) is 8. The summed E-state index contributed by atoms with van der Waals surface area (Å²) in [6.07, 6.45) is 0. The van der Waals surface area contributed by atoms with E-state index in [2.05, 4.69) is 92.5 Å². The molecule has 0 aliphatic carbocycles. The van der Waals surface area contributed by atoms with Crippen molar-refractivity contribution in [2.45, 2.75) is 79.3 Å². The van der Waals surface area contributed by atoms with E-state index < -0.39 is 0 Å². The molecular weight excluding hydrogens is 608 g/mol. The second-order valence-electron chi connectivity index (χ2n) is 12.7. The van der Waals surface area contributed by atoms with E-state index in [4.69, 9.17) is 0 Å². The highest BCUT2D eigenvalue weighted by atomic mass is 16.3. The first kappa shape index (κ1) is 34.4. The number of hydrogen-bond donors (Lipinski definition) is 4. The van der Waals surface area contributed by atoms with Crippen LogP contribution in [0.2, 0.25) is 0 Å². The van der Waals surface area contributed by atoms with Gasteiger partial charge in [-0.1, -0.05) is 73.5 Å². The number of aliphatic hydroxyl groups excluding tert-OH is 2. The zero-order valence-electron chi connectivity index (χ0n) is 28.7. The van der Waals surface area contributed by atoms with Crippen molar-refractivity contribution in [2.24, 2.45) is 0 Å². The standard InChI is InChI=1S/2C18H22N4O2/c2*1-10-5-7-14(8-6-10)12(3)15-16-17(18(24)20-13(4)19-16)22(21-15)11(2)9-23/h2*5-8,11-12,23H,9H2,1-4H3,(H,19,20,24)/t11-,12+;11-,12-/m11/s1. The molecule has 6 rings (SSSR count). The number of rotatable bonds is 8. The molecule has 0 saturated heterocycles. The maximum Gasteiger partial charge on any atom is 0.277 e. The van der Waals surface area contributed by atoms with Gasteiger partial charge in [-0.15, -0.1) is 0 Å². The minimum atomic E-state index is -0.294. The minimum absolute atomic E-state index is 0.00561. The van der Waals surface area contributed by atoms with Gasteiger partial charge in [0.2, 0.25) is 0 Å². The number of H-pyrrole nitrogens is 2. The van der Waals surface area contributed by atoms with Crippen LogP contribution in [0.5, 0.6) is 0 Å². The first-order valence-corrected chi connectivity index (χ1v) is 16.2. The fourth-order valence-electron chi connectivity index (χ4n) is 5.77. The molecule has 0 radical (unpaired) electrons. The van der Waals surface area contributed by atoms with E-state index in [1.807, 2.05) is 27.7 Å². The highest BCUT2D eigenvalue weighted by Crippen LogP contribution is 2.30. The predicted octanol–water partition coefficient (Wildman–Crippen LogP) is 4.88. The number of nitrogens with one attached hydrogen (secondary N) is 2. The zero-order valence-corrected chi connectivity index (χ0v) is 28.7. The Morgan fingerprint density at radius 3 is 1.25 bits per heavy atom. The van der Waals surface area contributed by atoms with Crippen molar-refractivity contribution < 1.29 is 10.2 Å². The highest BCUT2D eigenvalue weighted by molar-refractivity contribution is 5.78. The van der Waals surface area contributed by atoms with Gasteiger partial charge in [-0.3, -0.25) is 19.0 Å². The van der Waals surface area contributed by atoms with E-state index in [-0.39, 0.29) is 48.3 Å². The maximum absolute atomic E-state index is 12.4. The molecule has 0 aliphatic rings. The van der Waals surface area contributed by atoms with Crippen LogP contribution in [0.3, 0.4) is 0 Å². The normalized spacial score (nSPS) is 14.0. The van der Waals surface area contributed by atoms with Crippen LogP contribution in [0.15, 0.2) is 58.1 Å². The number of aromatic amines is 2. The molecular formula is C36H44N8O4. The quantitative estimate of drug-likeness (QED) is 0.180. The topological polar surface area (TPSA) is 168 Å². The smallest absolute Gasteiger partial charge is 0.277 e. The molecule has 0 fully saturated rings. The molecule has 4 heterocycles. The fourth-order valence-corrected chi connectivity index (χ4v) is 5.77. The van der Waals surface area contributed by atoms with Crippen LogP contribution in [0.4, 0.5) is 0 Å². The SMILES string of the molecule is Cc1ccc([C@@H](C)c2nn([C@H](C)CO)c3c(=O)[nH]c(C)nc23)cc1.Cc1ccc([C@H](C)c2nn([C@H](C)CO)c3c(=O)[nH]c(C)nc23)cc1. The van der Waals surface area contributed by atoms with Gasteiger partial charge in [0.25, 0.3) is 11.1 Å². The summed E-state index contributed by atoms with van der Waals surface area (Å²) < 4.78 is 3.17. The summed E-state index contributed by atoms with van der Waals surface area (Å²) in [5, 5.41) is 28.3. The van der Waals surface area contributed by atoms with Gasteiger partial charge < -0.3 is 20.2 Å². The average Bonchev–Trinajstić information content (AvgIpc) is 3.64. The Hall–Kier alpha value is -4.94. The first-order chi connectivity index (χ1) is 22.8. The van der Waals surface area contributed by atoms with Gasteiger partial charge in [-0.25, -0.2) is 9.97 Å². The van der Waals surface area contributed by atoms with E-state index in [9.17, 15) is 19.8 Å². The largest absolute Gasteiger partial charge is 0.394 e. The van der Waals surface area contributed by atoms with Gasteiger partial charge in [0, 0.05) is 11.8 Å². The molecule has 0 aliphatic heterocycles. The molecule has 252 valence electrons.